The van der Waals surface area contributed by atoms with Crippen molar-refractivity contribution in [2.45, 2.75) is 12.8 Å². The van der Waals surface area contributed by atoms with E-state index in [2.05, 4.69) is 9.88 Å². The summed E-state index contributed by atoms with van der Waals surface area (Å²) in [5.74, 6) is 1.49. The first-order chi connectivity index (χ1) is 8.11. The third kappa shape index (κ3) is 2.76. The highest BCUT2D eigenvalue weighted by Crippen LogP contribution is 2.33. The Morgan fingerprint density at radius 2 is 2.24 bits per heavy atom. The molecule has 1 fully saturated rings. The smallest absolute Gasteiger partial charge is 0.149 e. The van der Waals surface area contributed by atoms with Crippen LogP contribution in [0.5, 0.6) is 0 Å². The van der Waals surface area contributed by atoms with Crippen LogP contribution >= 0.6 is 23.2 Å². The Morgan fingerprint density at radius 1 is 1.47 bits per heavy atom. The third-order valence-electron chi connectivity index (χ3n) is 3.06. The second-order valence-corrected chi connectivity index (χ2v) is 5.09. The molecule has 6 heteroatoms. The van der Waals surface area contributed by atoms with Gasteiger partial charge in [-0.05, 0) is 24.8 Å². The Hall–Kier alpha value is -0.710. The number of nitrogen functional groups attached to an aromatic ring is 1. The summed E-state index contributed by atoms with van der Waals surface area (Å²) in [6.07, 6.45) is 1.86. The molecule has 4 nitrogen and oxygen atoms in total. The van der Waals surface area contributed by atoms with Crippen LogP contribution < -0.4 is 10.6 Å². The summed E-state index contributed by atoms with van der Waals surface area (Å²) < 4.78 is 0. The highest BCUT2D eigenvalue weighted by atomic mass is 35.5. The van der Waals surface area contributed by atoms with E-state index in [1.165, 1.54) is 0 Å². The minimum absolute atomic E-state index is 0.225. The Morgan fingerprint density at radius 3 is 2.94 bits per heavy atom. The maximum atomic E-state index is 8.92. The van der Waals surface area contributed by atoms with Crippen LogP contribution in [0.4, 0.5) is 11.6 Å². The second kappa shape index (κ2) is 5.29. The molecule has 0 saturated carbocycles. The molecule has 1 aliphatic heterocycles. The molecule has 1 aromatic rings. The van der Waals surface area contributed by atoms with Gasteiger partial charge in [0.15, 0.2) is 0 Å². The van der Waals surface area contributed by atoms with Gasteiger partial charge in [0, 0.05) is 19.7 Å². The van der Waals surface area contributed by atoms with Gasteiger partial charge in [-0.25, -0.2) is 4.98 Å². The van der Waals surface area contributed by atoms with E-state index in [4.69, 9.17) is 34.0 Å². The second-order valence-electron chi connectivity index (χ2n) is 4.27. The molecule has 1 unspecified atom stereocenters. The van der Waals surface area contributed by atoms with Gasteiger partial charge in [-0.3, -0.25) is 0 Å². The van der Waals surface area contributed by atoms with Gasteiger partial charge in [-0.1, -0.05) is 23.2 Å². The summed E-state index contributed by atoms with van der Waals surface area (Å²) in [7, 11) is 0. The van der Waals surface area contributed by atoms with Gasteiger partial charge >= 0.3 is 0 Å². The summed E-state index contributed by atoms with van der Waals surface area (Å²) in [4.78, 5) is 6.32. The van der Waals surface area contributed by atoms with Crippen LogP contribution in [-0.4, -0.2) is 29.8 Å². The number of nitrogens with zero attached hydrogens (tertiary/aromatic N) is 2. The predicted octanol–water partition coefficient (Wildman–Crippen LogP) is 2.18. The molecule has 2 rings (SSSR count). The first-order valence-corrected chi connectivity index (χ1v) is 6.34. The molecule has 1 aliphatic rings. The number of hydrogen-bond acceptors (Lipinski definition) is 4. The first-order valence-electron chi connectivity index (χ1n) is 5.59. The number of aromatic nitrogens is 1. The van der Waals surface area contributed by atoms with Crippen LogP contribution in [0.3, 0.4) is 0 Å². The number of hydrogen-bond donors (Lipinski definition) is 2. The average Bonchev–Trinajstić information content (AvgIpc) is 2.72. The fourth-order valence-corrected chi connectivity index (χ4v) is 2.61. The SMILES string of the molecule is Nc1nc(N2CCC(CCO)C2)c(Cl)cc1Cl. The van der Waals surface area contributed by atoms with E-state index in [9.17, 15) is 0 Å². The lowest BCUT2D eigenvalue weighted by atomic mass is 10.1. The van der Waals surface area contributed by atoms with E-state index in [1.54, 1.807) is 6.07 Å². The minimum Gasteiger partial charge on any atom is -0.396 e. The van der Waals surface area contributed by atoms with E-state index in [0.29, 0.717) is 27.6 Å². The molecule has 0 spiro atoms. The number of pyridine rings is 1. The van der Waals surface area contributed by atoms with E-state index in [-0.39, 0.29) is 6.61 Å². The van der Waals surface area contributed by atoms with Crippen molar-refractivity contribution in [3.63, 3.8) is 0 Å². The largest absolute Gasteiger partial charge is 0.396 e. The highest BCUT2D eigenvalue weighted by molar-refractivity contribution is 6.37. The normalized spacial score (nSPS) is 19.9. The standard InChI is InChI=1S/C11H15Cl2N3O/c12-8-5-9(13)11(15-10(8)14)16-3-1-7(6-16)2-4-17/h5,7,17H,1-4,6H2,(H2,14,15). The lowest BCUT2D eigenvalue weighted by molar-refractivity contribution is 0.263. The molecule has 0 aromatic carbocycles. The van der Waals surface area contributed by atoms with Crippen molar-refractivity contribution >= 4 is 34.8 Å². The molecule has 0 aliphatic carbocycles. The van der Waals surface area contributed by atoms with Crippen molar-refractivity contribution < 1.29 is 5.11 Å². The van der Waals surface area contributed by atoms with Gasteiger partial charge in [0.1, 0.15) is 11.6 Å². The molecule has 0 bridgehead atoms. The summed E-state index contributed by atoms with van der Waals surface area (Å²) in [5, 5.41) is 9.82. The zero-order chi connectivity index (χ0) is 12.4. The molecule has 2 heterocycles. The Labute approximate surface area is 110 Å². The quantitative estimate of drug-likeness (QED) is 0.888. The highest BCUT2D eigenvalue weighted by Gasteiger charge is 2.25. The zero-order valence-electron chi connectivity index (χ0n) is 9.37. The van der Waals surface area contributed by atoms with Crippen molar-refractivity contribution in [2.75, 3.05) is 30.3 Å². The van der Waals surface area contributed by atoms with E-state index in [0.717, 1.165) is 25.9 Å². The van der Waals surface area contributed by atoms with Crippen LogP contribution in [-0.2, 0) is 0 Å². The van der Waals surface area contributed by atoms with E-state index in [1.807, 2.05) is 0 Å². The molecule has 0 amide bonds. The number of nitrogens with two attached hydrogens (primary N) is 1. The van der Waals surface area contributed by atoms with Crippen molar-refractivity contribution in [2.24, 2.45) is 5.92 Å². The minimum atomic E-state index is 0.225. The maximum absolute atomic E-state index is 8.92. The molecular formula is C11H15Cl2N3O. The lowest BCUT2D eigenvalue weighted by Crippen LogP contribution is -2.22. The Kier molecular flexibility index (Phi) is 3.97. The number of anilines is 2. The lowest BCUT2D eigenvalue weighted by Gasteiger charge is -2.19. The van der Waals surface area contributed by atoms with Crippen molar-refractivity contribution in [3.8, 4) is 0 Å². The number of halogens is 2. The number of aliphatic hydroxyl groups excluding tert-OH is 1. The summed E-state index contributed by atoms with van der Waals surface area (Å²) >= 11 is 12.0. The summed E-state index contributed by atoms with van der Waals surface area (Å²) in [6, 6.07) is 1.63. The average molecular weight is 276 g/mol. The molecule has 1 aromatic heterocycles. The monoisotopic (exact) mass is 275 g/mol. The van der Waals surface area contributed by atoms with Gasteiger partial charge in [0.05, 0.1) is 10.0 Å². The van der Waals surface area contributed by atoms with Crippen molar-refractivity contribution in [1.29, 1.82) is 0 Å². The third-order valence-corrected chi connectivity index (χ3v) is 3.64. The maximum Gasteiger partial charge on any atom is 0.149 e. The molecular weight excluding hydrogens is 261 g/mol. The van der Waals surface area contributed by atoms with Crippen LogP contribution in [0, 0.1) is 5.92 Å². The fourth-order valence-electron chi connectivity index (χ4n) is 2.14. The first kappa shape index (κ1) is 12.7. The van der Waals surface area contributed by atoms with Gasteiger partial charge in [0.25, 0.3) is 0 Å². The van der Waals surface area contributed by atoms with Gasteiger partial charge in [0.2, 0.25) is 0 Å². The molecule has 1 saturated heterocycles. The van der Waals surface area contributed by atoms with Crippen LogP contribution in [0.15, 0.2) is 6.07 Å². The van der Waals surface area contributed by atoms with Crippen molar-refractivity contribution in [1.82, 2.24) is 4.98 Å². The van der Waals surface area contributed by atoms with Crippen LogP contribution in [0.2, 0.25) is 10.0 Å². The van der Waals surface area contributed by atoms with Crippen molar-refractivity contribution in [3.05, 3.63) is 16.1 Å². The molecule has 17 heavy (non-hydrogen) atoms. The molecule has 1 atom stereocenters. The summed E-state index contributed by atoms with van der Waals surface area (Å²) in [6.45, 7) is 1.97. The Balaban J connectivity index is 2.16. The van der Waals surface area contributed by atoms with E-state index < -0.39 is 0 Å². The van der Waals surface area contributed by atoms with E-state index >= 15 is 0 Å². The topological polar surface area (TPSA) is 62.4 Å². The van der Waals surface area contributed by atoms with Gasteiger partial charge in [-0.15, -0.1) is 0 Å². The predicted molar refractivity (Wildman–Crippen MR) is 70.7 cm³/mol. The van der Waals surface area contributed by atoms with Crippen LogP contribution in [0.1, 0.15) is 12.8 Å². The summed E-state index contributed by atoms with van der Waals surface area (Å²) in [5.41, 5.74) is 5.68. The van der Waals surface area contributed by atoms with Gasteiger partial charge in [-0.2, -0.15) is 0 Å². The molecule has 3 N–H and O–H groups in total. The number of aliphatic hydroxyl groups is 1. The molecule has 0 radical (unpaired) electrons. The Bertz CT molecular complexity index is 414. The van der Waals surface area contributed by atoms with Crippen LogP contribution in [0.25, 0.3) is 0 Å². The zero-order valence-corrected chi connectivity index (χ0v) is 10.9. The fraction of sp³-hybridized carbons (Fsp3) is 0.545. The number of rotatable bonds is 3. The van der Waals surface area contributed by atoms with Gasteiger partial charge < -0.3 is 15.7 Å². The molecule has 94 valence electrons.